The largest absolute Gasteiger partial charge is 0.444 e. The number of hydrogen-bond acceptors (Lipinski definition) is 4. The first-order valence-electron chi connectivity index (χ1n) is 7.61. The monoisotopic (exact) mass is 285 g/mol. The number of ether oxygens (including phenoxy) is 2. The molecule has 0 aromatic heterocycles. The van der Waals surface area contributed by atoms with Crippen LogP contribution in [-0.2, 0) is 9.47 Å². The van der Waals surface area contributed by atoms with E-state index in [2.05, 4.69) is 0 Å². The van der Waals surface area contributed by atoms with Crippen molar-refractivity contribution in [2.75, 3.05) is 19.7 Å². The topological polar surface area (TPSA) is 59.0 Å². The third kappa shape index (κ3) is 4.35. The molecule has 0 spiro atoms. The molecule has 1 heterocycles. The van der Waals surface area contributed by atoms with Gasteiger partial charge in [0.25, 0.3) is 0 Å². The molecule has 0 atom stereocenters. The van der Waals surface area contributed by atoms with Gasteiger partial charge in [-0.15, -0.1) is 0 Å². The Morgan fingerprint density at radius 1 is 1.20 bits per heavy atom. The normalized spacial score (nSPS) is 28.1. The Hall–Kier alpha value is -0.810. The van der Waals surface area contributed by atoms with Crippen molar-refractivity contribution in [3.8, 4) is 0 Å². The highest BCUT2D eigenvalue weighted by molar-refractivity contribution is 5.68. The molecule has 1 aliphatic heterocycles. The van der Waals surface area contributed by atoms with E-state index >= 15 is 0 Å². The third-order valence-electron chi connectivity index (χ3n) is 3.93. The van der Waals surface area contributed by atoms with Gasteiger partial charge in [-0.3, -0.25) is 0 Å². The number of carbonyl (C=O) groups excluding carboxylic acids is 1. The second-order valence-corrected chi connectivity index (χ2v) is 6.94. The van der Waals surface area contributed by atoms with Crippen molar-refractivity contribution in [3.63, 3.8) is 0 Å². The lowest BCUT2D eigenvalue weighted by molar-refractivity contribution is -0.101. The Labute approximate surface area is 121 Å². The van der Waals surface area contributed by atoms with Gasteiger partial charge in [0.2, 0.25) is 0 Å². The van der Waals surface area contributed by atoms with Gasteiger partial charge in [-0.2, -0.15) is 0 Å². The number of aliphatic hydroxyl groups excluding tert-OH is 1. The van der Waals surface area contributed by atoms with Crippen LogP contribution in [0.1, 0.15) is 46.5 Å². The summed E-state index contributed by atoms with van der Waals surface area (Å²) < 4.78 is 11.4. The van der Waals surface area contributed by atoms with E-state index in [-0.39, 0.29) is 18.8 Å². The molecule has 1 N–H and O–H groups in total. The zero-order chi connectivity index (χ0) is 14.8. The molecule has 0 bridgehead atoms. The molecule has 5 nitrogen and oxygen atoms in total. The number of piperidine rings is 1. The Kier molecular flexibility index (Phi) is 4.91. The highest BCUT2D eigenvalue weighted by Crippen LogP contribution is 2.32. The Morgan fingerprint density at radius 3 is 2.30 bits per heavy atom. The van der Waals surface area contributed by atoms with Crippen molar-refractivity contribution in [2.45, 2.75) is 64.3 Å². The Morgan fingerprint density at radius 2 is 1.80 bits per heavy atom. The quantitative estimate of drug-likeness (QED) is 0.863. The summed E-state index contributed by atoms with van der Waals surface area (Å²) in [6.07, 6.45) is 4.04. The van der Waals surface area contributed by atoms with Gasteiger partial charge >= 0.3 is 6.09 Å². The van der Waals surface area contributed by atoms with Crippen LogP contribution in [0.15, 0.2) is 0 Å². The summed E-state index contributed by atoms with van der Waals surface area (Å²) in [7, 11) is 0. The average Bonchev–Trinajstić information content (AvgIpc) is 2.31. The lowest BCUT2D eigenvalue weighted by Gasteiger charge is -2.39. The molecular weight excluding hydrogens is 258 g/mol. The fourth-order valence-electron chi connectivity index (χ4n) is 2.71. The SMILES string of the molecule is CC(C)(C)OC(=O)N1CCC(O[C@H]2C[C@@H](CO)C2)CC1. The van der Waals surface area contributed by atoms with Gasteiger partial charge in [-0.05, 0) is 52.4 Å². The fourth-order valence-corrected chi connectivity index (χ4v) is 2.71. The molecule has 2 fully saturated rings. The lowest BCUT2D eigenvalue weighted by Crippen LogP contribution is -2.45. The van der Waals surface area contributed by atoms with E-state index in [1.165, 1.54) is 0 Å². The minimum absolute atomic E-state index is 0.222. The predicted octanol–water partition coefficient (Wildman–Crippen LogP) is 2.17. The predicted molar refractivity (Wildman–Crippen MR) is 75.5 cm³/mol. The summed E-state index contributed by atoms with van der Waals surface area (Å²) >= 11 is 0. The van der Waals surface area contributed by atoms with Crippen molar-refractivity contribution >= 4 is 6.09 Å². The first kappa shape index (κ1) is 15.6. The minimum Gasteiger partial charge on any atom is -0.444 e. The van der Waals surface area contributed by atoms with Gasteiger partial charge in [0.05, 0.1) is 12.2 Å². The molecule has 1 saturated heterocycles. The van der Waals surface area contributed by atoms with Crippen LogP contribution in [-0.4, -0.2) is 53.6 Å². The van der Waals surface area contributed by atoms with E-state index in [0.717, 1.165) is 25.7 Å². The van der Waals surface area contributed by atoms with E-state index in [0.29, 0.717) is 25.1 Å². The van der Waals surface area contributed by atoms with Gasteiger partial charge in [-0.25, -0.2) is 4.79 Å². The maximum atomic E-state index is 11.9. The van der Waals surface area contributed by atoms with Gasteiger partial charge in [-0.1, -0.05) is 0 Å². The maximum absolute atomic E-state index is 11.9. The van der Waals surface area contributed by atoms with Gasteiger partial charge < -0.3 is 19.5 Å². The van der Waals surface area contributed by atoms with E-state index in [1.807, 2.05) is 20.8 Å². The van der Waals surface area contributed by atoms with E-state index in [4.69, 9.17) is 14.6 Å². The summed E-state index contributed by atoms with van der Waals surface area (Å²) in [5.41, 5.74) is -0.435. The van der Waals surface area contributed by atoms with Crippen LogP contribution in [0.25, 0.3) is 0 Å². The van der Waals surface area contributed by atoms with Crippen molar-refractivity contribution in [1.29, 1.82) is 0 Å². The number of carbonyl (C=O) groups is 1. The zero-order valence-corrected chi connectivity index (χ0v) is 12.8. The minimum atomic E-state index is -0.435. The van der Waals surface area contributed by atoms with E-state index < -0.39 is 5.60 Å². The first-order valence-corrected chi connectivity index (χ1v) is 7.61. The van der Waals surface area contributed by atoms with Crippen LogP contribution >= 0.6 is 0 Å². The summed E-state index contributed by atoms with van der Waals surface area (Å²) in [6.45, 7) is 7.33. The van der Waals surface area contributed by atoms with Crippen LogP contribution < -0.4 is 0 Å². The molecule has 20 heavy (non-hydrogen) atoms. The Balaban J connectivity index is 1.66. The number of aliphatic hydroxyl groups is 1. The van der Waals surface area contributed by atoms with Gasteiger partial charge in [0.1, 0.15) is 5.60 Å². The zero-order valence-electron chi connectivity index (χ0n) is 12.8. The number of rotatable bonds is 3. The molecule has 116 valence electrons. The highest BCUT2D eigenvalue weighted by atomic mass is 16.6. The third-order valence-corrected chi connectivity index (χ3v) is 3.93. The molecule has 0 aromatic rings. The lowest BCUT2D eigenvalue weighted by atomic mass is 9.83. The molecule has 1 amide bonds. The number of amides is 1. The number of hydrogen-bond donors (Lipinski definition) is 1. The molecule has 1 aliphatic carbocycles. The molecule has 5 heteroatoms. The molecule has 0 unspecified atom stereocenters. The standard InChI is InChI=1S/C15H27NO4/c1-15(2,3)20-14(18)16-6-4-12(5-7-16)19-13-8-11(9-13)10-17/h11-13,17H,4-10H2,1-3H3/t11-,13+. The smallest absolute Gasteiger partial charge is 0.410 e. The van der Waals surface area contributed by atoms with Crippen LogP contribution in [0, 0.1) is 5.92 Å². The number of nitrogens with zero attached hydrogens (tertiary/aromatic N) is 1. The second-order valence-electron chi connectivity index (χ2n) is 6.94. The molecule has 1 saturated carbocycles. The molecule has 0 aromatic carbocycles. The van der Waals surface area contributed by atoms with Crippen molar-refractivity contribution in [2.24, 2.45) is 5.92 Å². The average molecular weight is 285 g/mol. The van der Waals surface area contributed by atoms with Crippen LogP contribution in [0.2, 0.25) is 0 Å². The highest BCUT2D eigenvalue weighted by Gasteiger charge is 2.33. The molecule has 2 rings (SSSR count). The van der Waals surface area contributed by atoms with Crippen molar-refractivity contribution in [1.82, 2.24) is 4.90 Å². The molecular formula is C15H27NO4. The maximum Gasteiger partial charge on any atom is 0.410 e. The summed E-state index contributed by atoms with van der Waals surface area (Å²) in [5, 5.41) is 8.98. The molecule has 0 radical (unpaired) electrons. The van der Waals surface area contributed by atoms with Crippen molar-refractivity contribution in [3.05, 3.63) is 0 Å². The van der Waals surface area contributed by atoms with Crippen LogP contribution in [0.3, 0.4) is 0 Å². The van der Waals surface area contributed by atoms with Crippen LogP contribution in [0.5, 0.6) is 0 Å². The van der Waals surface area contributed by atoms with Gasteiger partial charge in [0, 0.05) is 19.7 Å². The van der Waals surface area contributed by atoms with Gasteiger partial charge in [0.15, 0.2) is 0 Å². The first-order chi connectivity index (χ1) is 9.37. The summed E-state index contributed by atoms with van der Waals surface area (Å²) in [5.74, 6) is 0.432. The Bertz CT molecular complexity index is 325. The van der Waals surface area contributed by atoms with Crippen molar-refractivity contribution < 1.29 is 19.4 Å². The molecule has 2 aliphatic rings. The van der Waals surface area contributed by atoms with E-state index in [9.17, 15) is 4.79 Å². The fraction of sp³-hybridized carbons (Fsp3) is 0.933. The summed E-state index contributed by atoms with van der Waals surface area (Å²) in [4.78, 5) is 13.7. The van der Waals surface area contributed by atoms with E-state index in [1.54, 1.807) is 4.90 Å². The number of likely N-dealkylation sites (tertiary alicyclic amines) is 1. The second kappa shape index (κ2) is 6.31. The van der Waals surface area contributed by atoms with Crippen LogP contribution in [0.4, 0.5) is 4.79 Å². The summed E-state index contributed by atoms with van der Waals surface area (Å²) in [6, 6.07) is 0.